The normalized spacial score (nSPS) is 10.2. The average molecular weight is 299 g/mol. The second-order valence-corrected chi connectivity index (χ2v) is 4.99. The first-order valence-electron chi connectivity index (χ1n) is 5.38. The first-order valence-corrected chi connectivity index (χ1v) is 6.57. The van der Waals surface area contributed by atoms with Crippen LogP contribution in [0.2, 0.25) is 5.02 Å². The van der Waals surface area contributed by atoms with Gasteiger partial charge in [0, 0.05) is 5.02 Å². The van der Waals surface area contributed by atoms with Crippen molar-refractivity contribution in [2.24, 2.45) is 5.73 Å². The minimum Gasteiger partial charge on any atom is -0.486 e. The highest BCUT2D eigenvalue weighted by Crippen LogP contribution is 2.19. The number of ether oxygens (including phenoxy) is 1. The number of halogens is 1. The Bertz CT molecular complexity index is 558. The zero-order valence-electron chi connectivity index (χ0n) is 9.80. The predicted octanol–water partition coefficient (Wildman–Crippen LogP) is 1.67. The summed E-state index contributed by atoms with van der Waals surface area (Å²) in [5, 5.41) is 11.9. The summed E-state index contributed by atoms with van der Waals surface area (Å²) in [6, 6.07) is 7.01. The van der Waals surface area contributed by atoms with Crippen molar-refractivity contribution in [1.29, 1.82) is 0 Å². The lowest BCUT2D eigenvalue weighted by Gasteiger charge is -2.02. The number of benzene rings is 1. The van der Waals surface area contributed by atoms with Gasteiger partial charge in [-0.2, -0.15) is 0 Å². The van der Waals surface area contributed by atoms with E-state index in [-0.39, 0.29) is 19.1 Å². The van der Waals surface area contributed by atoms with E-state index in [9.17, 15) is 4.79 Å². The number of hydrogen-bond donors (Lipinski definition) is 2. The van der Waals surface area contributed by atoms with Crippen LogP contribution in [0.15, 0.2) is 24.3 Å². The minimum atomic E-state index is -0.304. The molecule has 0 saturated heterocycles. The zero-order chi connectivity index (χ0) is 13.7. The Kier molecular flexibility index (Phi) is 4.67. The van der Waals surface area contributed by atoms with E-state index in [0.717, 1.165) is 0 Å². The molecule has 2 rings (SSSR count). The topological polar surface area (TPSA) is 90.1 Å². The van der Waals surface area contributed by atoms with Crippen LogP contribution in [-0.2, 0) is 11.4 Å². The lowest BCUT2D eigenvalue weighted by Crippen LogP contribution is -2.21. The van der Waals surface area contributed by atoms with Gasteiger partial charge in [-0.3, -0.25) is 10.1 Å². The molecule has 0 aliphatic rings. The molecule has 0 aliphatic heterocycles. The van der Waals surface area contributed by atoms with Gasteiger partial charge in [-0.15, -0.1) is 10.2 Å². The van der Waals surface area contributed by atoms with Gasteiger partial charge in [0.25, 0.3) is 0 Å². The number of nitrogens with zero attached hydrogens (tertiary/aromatic N) is 2. The lowest BCUT2D eigenvalue weighted by molar-refractivity contribution is -0.114. The molecule has 2 aromatic rings. The highest BCUT2D eigenvalue weighted by molar-refractivity contribution is 7.15. The fourth-order valence-corrected chi connectivity index (χ4v) is 2.00. The van der Waals surface area contributed by atoms with E-state index < -0.39 is 0 Å². The Morgan fingerprint density at radius 1 is 1.37 bits per heavy atom. The molecule has 0 aliphatic carbocycles. The highest BCUT2D eigenvalue weighted by atomic mass is 35.5. The summed E-state index contributed by atoms with van der Waals surface area (Å²) >= 11 is 7.01. The SMILES string of the molecule is NCC(=O)Nc1nnc(COc2ccc(Cl)cc2)s1. The van der Waals surface area contributed by atoms with Gasteiger partial charge in [-0.05, 0) is 24.3 Å². The van der Waals surface area contributed by atoms with Crippen LogP contribution in [0.4, 0.5) is 5.13 Å². The highest BCUT2D eigenvalue weighted by Gasteiger charge is 2.07. The Hall–Kier alpha value is -1.70. The van der Waals surface area contributed by atoms with Crippen molar-refractivity contribution in [3.8, 4) is 5.75 Å². The molecule has 0 radical (unpaired) electrons. The molecule has 3 N–H and O–H groups in total. The van der Waals surface area contributed by atoms with Crippen molar-refractivity contribution in [2.75, 3.05) is 11.9 Å². The van der Waals surface area contributed by atoms with Crippen LogP contribution in [0, 0.1) is 0 Å². The third kappa shape index (κ3) is 4.16. The summed E-state index contributed by atoms with van der Waals surface area (Å²) in [4.78, 5) is 11.1. The summed E-state index contributed by atoms with van der Waals surface area (Å²) in [6.07, 6.45) is 0. The van der Waals surface area contributed by atoms with Crippen LogP contribution in [0.1, 0.15) is 5.01 Å². The molecular formula is C11H11ClN4O2S. The maximum atomic E-state index is 11.1. The van der Waals surface area contributed by atoms with Crippen LogP contribution in [0.5, 0.6) is 5.75 Å². The van der Waals surface area contributed by atoms with Gasteiger partial charge in [0.05, 0.1) is 6.54 Å². The molecule has 1 heterocycles. The number of aromatic nitrogens is 2. The average Bonchev–Trinajstić information content (AvgIpc) is 2.85. The van der Waals surface area contributed by atoms with E-state index in [0.29, 0.717) is 20.9 Å². The number of hydrogen-bond acceptors (Lipinski definition) is 6. The van der Waals surface area contributed by atoms with Gasteiger partial charge in [0.15, 0.2) is 5.01 Å². The molecule has 1 amide bonds. The summed E-state index contributed by atoms with van der Waals surface area (Å²) in [7, 11) is 0. The Labute approximate surface area is 118 Å². The molecule has 0 fully saturated rings. The third-order valence-electron chi connectivity index (χ3n) is 2.07. The second-order valence-electron chi connectivity index (χ2n) is 3.50. The van der Waals surface area contributed by atoms with E-state index >= 15 is 0 Å². The molecule has 19 heavy (non-hydrogen) atoms. The van der Waals surface area contributed by atoms with Crippen LogP contribution >= 0.6 is 22.9 Å². The summed E-state index contributed by atoms with van der Waals surface area (Å²) in [5.74, 6) is 0.383. The Morgan fingerprint density at radius 2 is 2.11 bits per heavy atom. The van der Waals surface area contributed by atoms with E-state index in [1.165, 1.54) is 11.3 Å². The summed E-state index contributed by atoms with van der Waals surface area (Å²) in [5.41, 5.74) is 5.18. The maximum absolute atomic E-state index is 11.1. The number of amides is 1. The van der Waals surface area contributed by atoms with E-state index in [2.05, 4.69) is 15.5 Å². The third-order valence-corrected chi connectivity index (χ3v) is 3.14. The van der Waals surface area contributed by atoms with Gasteiger partial charge in [0.2, 0.25) is 11.0 Å². The van der Waals surface area contributed by atoms with Crippen molar-refractivity contribution in [1.82, 2.24) is 10.2 Å². The lowest BCUT2D eigenvalue weighted by atomic mass is 10.3. The molecule has 0 unspecified atom stereocenters. The number of carbonyl (C=O) groups is 1. The molecular weight excluding hydrogens is 288 g/mol. The second kappa shape index (κ2) is 6.46. The molecule has 1 aromatic heterocycles. The molecule has 8 heteroatoms. The van der Waals surface area contributed by atoms with E-state index in [4.69, 9.17) is 22.1 Å². The van der Waals surface area contributed by atoms with Crippen molar-refractivity contribution < 1.29 is 9.53 Å². The van der Waals surface area contributed by atoms with Crippen LogP contribution in [-0.4, -0.2) is 22.6 Å². The number of nitrogens with one attached hydrogen (secondary N) is 1. The molecule has 100 valence electrons. The van der Waals surface area contributed by atoms with Gasteiger partial charge >= 0.3 is 0 Å². The molecule has 0 spiro atoms. The zero-order valence-corrected chi connectivity index (χ0v) is 11.4. The van der Waals surface area contributed by atoms with Crippen molar-refractivity contribution in [2.45, 2.75) is 6.61 Å². The monoisotopic (exact) mass is 298 g/mol. The largest absolute Gasteiger partial charge is 0.486 e. The van der Waals surface area contributed by atoms with Gasteiger partial charge < -0.3 is 10.5 Å². The molecule has 0 bridgehead atoms. The molecule has 0 saturated carbocycles. The molecule has 1 aromatic carbocycles. The van der Waals surface area contributed by atoms with Crippen molar-refractivity contribution in [3.05, 3.63) is 34.3 Å². The smallest absolute Gasteiger partial charge is 0.239 e. The van der Waals surface area contributed by atoms with Crippen molar-refractivity contribution in [3.63, 3.8) is 0 Å². The fraction of sp³-hybridized carbons (Fsp3) is 0.182. The summed E-state index contributed by atoms with van der Waals surface area (Å²) < 4.78 is 5.50. The molecule has 0 atom stereocenters. The van der Waals surface area contributed by atoms with Crippen LogP contribution < -0.4 is 15.8 Å². The van der Waals surface area contributed by atoms with Crippen LogP contribution in [0.25, 0.3) is 0 Å². The van der Waals surface area contributed by atoms with Gasteiger partial charge in [-0.1, -0.05) is 22.9 Å². The Balaban J connectivity index is 1.89. The maximum Gasteiger partial charge on any atom is 0.239 e. The first-order chi connectivity index (χ1) is 9.17. The number of anilines is 1. The van der Waals surface area contributed by atoms with Crippen LogP contribution in [0.3, 0.4) is 0 Å². The minimum absolute atomic E-state index is 0.0871. The standard InChI is InChI=1S/C11H11ClN4O2S/c12-7-1-3-8(4-2-7)18-6-10-15-16-11(19-10)14-9(17)5-13/h1-4H,5-6,13H2,(H,14,16,17). The van der Waals surface area contributed by atoms with Crippen molar-refractivity contribution >= 4 is 34.0 Å². The first kappa shape index (κ1) is 13.7. The number of nitrogens with two attached hydrogens (primary N) is 1. The quantitative estimate of drug-likeness (QED) is 0.876. The fourth-order valence-electron chi connectivity index (χ4n) is 1.21. The van der Waals surface area contributed by atoms with Gasteiger partial charge in [0.1, 0.15) is 12.4 Å². The molecule has 6 nitrogen and oxygen atoms in total. The predicted molar refractivity (Wildman–Crippen MR) is 73.4 cm³/mol. The van der Waals surface area contributed by atoms with E-state index in [1.807, 2.05) is 0 Å². The summed E-state index contributed by atoms with van der Waals surface area (Å²) in [6.45, 7) is 0.188. The number of carbonyl (C=O) groups excluding carboxylic acids is 1. The van der Waals surface area contributed by atoms with Gasteiger partial charge in [-0.25, -0.2) is 0 Å². The number of rotatable bonds is 5. The Morgan fingerprint density at radius 3 is 2.79 bits per heavy atom. The van der Waals surface area contributed by atoms with E-state index in [1.54, 1.807) is 24.3 Å².